The lowest BCUT2D eigenvalue weighted by atomic mass is 10.1. The Balaban J connectivity index is 2.48. The van der Waals surface area contributed by atoms with Crippen molar-refractivity contribution in [2.45, 2.75) is 13.8 Å². The molecule has 0 heterocycles. The zero-order valence-corrected chi connectivity index (χ0v) is 11.4. The van der Waals surface area contributed by atoms with Crippen LogP contribution in [-0.2, 0) is 0 Å². The highest BCUT2D eigenvalue weighted by Crippen LogP contribution is 2.32. The number of ether oxygens (including phenoxy) is 1. The van der Waals surface area contributed by atoms with Gasteiger partial charge in [0.1, 0.15) is 5.75 Å². The average molecular weight is 255 g/mol. The van der Waals surface area contributed by atoms with Crippen LogP contribution in [0.5, 0.6) is 5.75 Å². The molecule has 2 aromatic carbocycles. The zero-order valence-electron chi connectivity index (χ0n) is 11.4. The van der Waals surface area contributed by atoms with E-state index in [1.807, 2.05) is 25.1 Å². The minimum atomic E-state index is 0.584. The van der Waals surface area contributed by atoms with E-state index < -0.39 is 0 Å². The number of hydrogen-bond donors (Lipinski definition) is 1. The molecule has 19 heavy (non-hydrogen) atoms. The first kappa shape index (κ1) is 13.1. The van der Waals surface area contributed by atoms with Gasteiger partial charge in [-0.25, -0.2) is 0 Å². The van der Waals surface area contributed by atoms with Crippen LogP contribution in [-0.4, -0.2) is 13.4 Å². The quantitative estimate of drug-likeness (QED) is 0.843. The first-order valence-electron chi connectivity index (χ1n) is 6.12. The van der Waals surface area contributed by atoms with Gasteiger partial charge < -0.3 is 10.1 Å². The van der Waals surface area contributed by atoms with Gasteiger partial charge in [-0.3, -0.25) is 4.79 Å². The number of para-hydroxylation sites is 1. The summed E-state index contributed by atoms with van der Waals surface area (Å²) in [5, 5.41) is 3.30. The van der Waals surface area contributed by atoms with Crippen molar-refractivity contribution in [1.82, 2.24) is 0 Å². The van der Waals surface area contributed by atoms with Gasteiger partial charge >= 0.3 is 0 Å². The summed E-state index contributed by atoms with van der Waals surface area (Å²) >= 11 is 0. The number of rotatable bonds is 4. The van der Waals surface area contributed by atoms with Gasteiger partial charge in [-0.2, -0.15) is 0 Å². The van der Waals surface area contributed by atoms with Crippen molar-refractivity contribution in [3.8, 4) is 5.75 Å². The summed E-state index contributed by atoms with van der Waals surface area (Å²) in [6.07, 6.45) is 0.829. The Labute approximate surface area is 113 Å². The Morgan fingerprint density at radius 2 is 1.84 bits per heavy atom. The lowest BCUT2D eigenvalue weighted by Crippen LogP contribution is -2.00. The van der Waals surface area contributed by atoms with E-state index in [-0.39, 0.29) is 0 Å². The molecule has 0 bridgehead atoms. The molecule has 0 amide bonds. The molecule has 0 saturated heterocycles. The fourth-order valence-electron chi connectivity index (χ4n) is 1.97. The van der Waals surface area contributed by atoms with Crippen molar-refractivity contribution in [2.24, 2.45) is 0 Å². The van der Waals surface area contributed by atoms with Gasteiger partial charge in [0.25, 0.3) is 0 Å². The summed E-state index contributed by atoms with van der Waals surface area (Å²) in [5.74, 6) is 0.658. The second-order valence-corrected chi connectivity index (χ2v) is 4.41. The van der Waals surface area contributed by atoms with E-state index in [2.05, 4.69) is 18.3 Å². The van der Waals surface area contributed by atoms with Crippen molar-refractivity contribution in [3.63, 3.8) is 0 Å². The third-order valence-corrected chi connectivity index (χ3v) is 3.27. The van der Waals surface area contributed by atoms with E-state index in [1.54, 1.807) is 19.2 Å². The van der Waals surface area contributed by atoms with Crippen LogP contribution in [0.1, 0.15) is 21.5 Å². The molecule has 0 atom stereocenters. The molecule has 1 N–H and O–H groups in total. The average Bonchev–Trinajstić information content (AvgIpc) is 2.44. The van der Waals surface area contributed by atoms with Gasteiger partial charge in [0, 0.05) is 11.3 Å². The van der Waals surface area contributed by atoms with Crippen LogP contribution < -0.4 is 10.1 Å². The standard InChI is InChI=1S/C16H17NO2/c1-11-6-4-8-14(12(11)2)17-16-13(10-18)7-5-9-15(16)19-3/h4-10,17H,1-3H3. The third-order valence-electron chi connectivity index (χ3n) is 3.27. The maximum Gasteiger partial charge on any atom is 0.152 e. The molecule has 0 spiro atoms. The Morgan fingerprint density at radius 1 is 1.11 bits per heavy atom. The monoisotopic (exact) mass is 255 g/mol. The maximum absolute atomic E-state index is 11.1. The lowest BCUT2D eigenvalue weighted by Gasteiger charge is -2.15. The van der Waals surface area contributed by atoms with Crippen LogP contribution >= 0.6 is 0 Å². The first-order chi connectivity index (χ1) is 9.17. The molecule has 0 radical (unpaired) electrons. The van der Waals surface area contributed by atoms with Crippen LogP contribution in [0.3, 0.4) is 0 Å². The van der Waals surface area contributed by atoms with Gasteiger partial charge in [-0.05, 0) is 43.2 Å². The number of aryl methyl sites for hydroxylation is 1. The van der Waals surface area contributed by atoms with Gasteiger partial charge in [-0.1, -0.05) is 18.2 Å². The molecule has 0 unspecified atom stereocenters. The van der Waals surface area contributed by atoms with Crippen LogP contribution in [0.4, 0.5) is 11.4 Å². The number of aldehydes is 1. The Kier molecular flexibility index (Phi) is 3.85. The van der Waals surface area contributed by atoms with Crippen LogP contribution in [0.2, 0.25) is 0 Å². The number of hydrogen-bond acceptors (Lipinski definition) is 3. The molecule has 0 fully saturated rings. The summed E-state index contributed by atoms with van der Waals surface area (Å²) in [6, 6.07) is 11.4. The van der Waals surface area contributed by atoms with E-state index in [4.69, 9.17) is 4.74 Å². The molecule has 0 aliphatic carbocycles. The zero-order chi connectivity index (χ0) is 13.8. The topological polar surface area (TPSA) is 38.3 Å². The summed E-state index contributed by atoms with van der Waals surface area (Å²) in [4.78, 5) is 11.1. The van der Waals surface area contributed by atoms with E-state index >= 15 is 0 Å². The van der Waals surface area contributed by atoms with Crippen LogP contribution in [0, 0.1) is 13.8 Å². The van der Waals surface area contributed by atoms with Crippen molar-refractivity contribution in [1.29, 1.82) is 0 Å². The number of nitrogens with one attached hydrogen (secondary N) is 1. The van der Waals surface area contributed by atoms with E-state index in [0.717, 1.165) is 17.5 Å². The molecule has 0 aliphatic heterocycles. The summed E-state index contributed by atoms with van der Waals surface area (Å²) in [7, 11) is 1.60. The molecule has 2 aromatic rings. The van der Waals surface area contributed by atoms with Crippen molar-refractivity contribution in [3.05, 3.63) is 53.1 Å². The fourth-order valence-corrected chi connectivity index (χ4v) is 1.97. The molecule has 0 aliphatic rings. The van der Waals surface area contributed by atoms with E-state index in [0.29, 0.717) is 17.0 Å². The highest BCUT2D eigenvalue weighted by Gasteiger charge is 2.10. The maximum atomic E-state index is 11.1. The summed E-state index contributed by atoms with van der Waals surface area (Å²) < 4.78 is 5.31. The Bertz CT molecular complexity index is 606. The minimum Gasteiger partial charge on any atom is -0.495 e. The van der Waals surface area contributed by atoms with Crippen LogP contribution in [0.25, 0.3) is 0 Å². The predicted octanol–water partition coefficient (Wildman–Crippen LogP) is 3.87. The molecule has 2 rings (SSSR count). The minimum absolute atomic E-state index is 0.584. The van der Waals surface area contributed by atoms with Gasteiger partial charge in [-0.15, -0.1) is 0 Å². The third kappa shape index (κ3) is 2.60. The summed E-state index contributed by atoms with van der Waals surface area (Å²) in [6.45, 7) is 4.11. The van der Waals surface area contributed by atoms with Crippen molar-refractivity contribution in [2.75, 3.05) is 12.4 Å². The largest absolute Gasteiger partial charge is 0.495 e. The highest BCUT2D eigenvalue weighted by molar-refractivity contribution is 5.89. The molecule has 98 valence electrons. The highest BCUT2D eigenvalue weighted by atomic mass is 16.5. The smallest absolute Gasteiger partial charge is 0.152 e. The number of anilines is 2. The summed E-state index contributed by atoms with van der Waals surface area (Å²) in [5.41, 5.74) is 4.62. The molecule has 0 saturated carbocycles. The molecule has 0 aromatic heterocycles. The first-order valence-corrected chi connectivity index (χ1v) is 6.12. The second kappa shape index (κ2) is 5.57. The molecule has 3 nitrogen and oxygen atoms in total. The lowest BCUT2D eigenvalue weighted by molar-refractivity contribution is 0.112. The van der Waals surface area contributed by atoms with E-state index in [1.165, 1.54) is 5.56 Å². The molecule has 3 heteroatoms. The Morgan fingerprint density at radius 3 is 2.53 bits per heavy atom. The predicted molar refractivity (Wildman–Crippen MR) is 77.6 cm³/mol. The number of methoxy groups -OCH3 is 1. The second-order valence-electron chi connectivity index (χ2n) is 4.41. The number of carbonyl (C=O) groups excluding carboxylic acids is 1. The number of benzene rings is 2. The molecular weight excluding hydrogens is 238 g/mol. The van der Waals surface area contributed by atoms with Crippen molar-refractivity contribution >= 4 is 17.7 Å². The van der Waals surface area contributed by atoms with E-state index in [9.17, 15) is 4.79 Å². The van der Waals surface area contributed by atoms with Crippen LogP contribution in [0.15, 0.2) is 36.4 Å². The van der Waals surface area contributed by atoms with Gasteiger partial charge in [0.2, 0.25) is 0 Å². The SMILES string of the molecule is COc1cccc(C=O)c1Nc1cccc(C)c1C. The van der Waals surface area contributed by atoms with Gasteiger partial charge in [0.15, 0.2) is 6.29 Å². The number of carbonyl (C=O) groups is 1. The Hall–Kier alpha value is -2.29. The van der Waals surface area contributed by atoms with Gasteiger partial charge in [0.05, 0.1) is 12.8 Å². The normalized spacial score (nSPS) is 10.1. The fraction of sp³-hybridized carbons (Fsp3) is 0.188. The van der Waals surface area contributed by atoms with Crippen molar-refractivity contribution < 1.29 is 9.53 Å². The molecular formula is C16H17NO2.